The maximum atomic E-state index is 5.20. The number of fused-ring (bicyclic) bond motifs is 1. The van der Waals surface area contributed by atoms with Crippen LogP contribution in [0.4, 0.5) is 0 Å². The first-order valence-corrected chi connectivity index (χ1v) is 6.24. The van der Waals surface area contributed by atoms with Gasteiger partial charge in [-0.2, -0.15) is 0 Å². The number of methoxy groups -OCH3 is 1. The molecule has 1 N–H and O–H groups in total. The summed E-state index contributed by atoms with van der Waals surface area (Å²) in [5.74, 6) is 0. The highest BCUT2D eigenvalue weighted by Gasteiger charge is 2.10. The van der Waals surface area contributed by atoms with E-state index in [0.29, 0.717) is 12.6 Å². The maximum absolute atomic E-state index is 5.20. The Labute approximate surface area is 108 Å². The number of nitrogens with zero attached hydrogens (tertiary/aromatic N) is 2. The van der Waals surface area contributed by atoms with E-state index in [1.165, 1.54) is 16.6 Å². The van der Waals surface area contributed by atoms with Crippen molar-refractivity contribution in [2.45, 2.75) is 26.4 Å². The molecule has 98 valence electrons. The molecule has 1 atom stereocenters. The second kappa shape index (κ2) is 5.50. The van der Waals surface area contributed by atoms with E-state index in [0.717, 1.165) is 12.1 Å². The van der Waals surface area contributed by atoms with E-state index in [4.69, 9.17) is 4.74 Å². The van der Waals surface area contributed by atoms with Crippen LogP contribution in [0, 0.1) is 13.8 Å². The second-order valence-electron chi connectivity index (χ2n) is 4.76. The first-order chi connectivity index (χ1) is 8.65. The molecule has 0 amide bonds. The van der Waals surface area contributed by atoms with E-state index in [1.807, 2.05) is 13.4 Å². The molecule has 1 aromatic carbocycles. The van der Waals surface area contributed by atoms with Crippen molar-refractivity contribution >= 4 is 11.0 Å². The summed E-state index contributed by atoms with van der Waals surface area (Å²) in [6.45, 7) is 5.82. The summed E-state index contributed by atoms with van der Waals surface area (Å²) in [6, 6.07) is 4.65. The number of ether oxygens (including phenoxy) is 1. The lowest BCUT2D eigenvalue weighted by molar-refractivity contribution is 0.163. The van der Waals surface area contributed by atoms with Crippen molar-refractivity contribution in [3.05, 3.63) is 29.6 Å². The van der Waals surface area contributed by atoms with Crippen LogP contribution in [0.25, 0.3) is 11.0 Å². The predicted molar refractivity (Wildman–Crippen MR) is 73.9 cm³/mol. The van der Waals surface area contributed by atoms with Gasteiger partial charge in [-0.25, -0.2) is 4.98 Å². The van der Waals surface area contributed by atoms with E-state index in [2.05, 4.69) is 40.8 Å². The minimum Gasteiger partial charge on any atom is -0.383 e. The normalized spacial score (nSPS) is 13.1. The Morgan fingerprint density at radius 1 is 1.33 bits per heavy atom. The number of benzene rings is 1. The SMILES string of the molecule is CNC(COC)Cn1cnc2cc(C)c(C)cc21. The zero-order valence-electron chi connectivity index (χ0n) is 11.5. The number of hydrogen-bond acceptors (Lipinski definition) is 3. The highest BCUT2D eigenvalue weighted by molar-refractivity contribution is 5.77. The zero-order chi connectivity index (χ0) is 13.1. The number of imidazole rings is 1. The number of rotatable bonds is 5. The highest BCUT2D eigenvalue weighted by Crippen LogP contribution is 2.18. The molecular formula is C14H21N3O. The average Bonchev–Trinajstić information content (AvgIpc) is 2.72. The molecular weight excluding hydrogens is 226 g/mol. The largest absolute Gasteiger partial charge is 0.383 e. The molecule has 0 bridgehead atoms. The van der Waals surface area contributed by atoms with Crippen LogP contribution in [-0.4, -0.2) is 36.4 Å². The van der Waals surface area contributed by atoms with Gasteiger partial charge in [-0.15, -0.1) is 0 Å². The van der Waals surface area contributed by atoms with Gasteiger partial charge in [0.15, 0.2) is 0 Å². The lowest BCUT2D eigenvalue weighted by Gasteiger charge is -2.16. The highest BCUT2D eigenvalue weighted by atomic mass is 16.5. The molecule has 0 aliphatic heterocycles. The standard InChI is InChI=1S/C14H21N3O/c1-10-5-13-14(6-11(10)2)17(9-16-13)7-12(15-3)8-18-4/h5-6,9,12,15H,7-8H2,1-4H3. The molecule has 18 heavy (non-hydrogen) atoms. The molecule has 0 aliphatic carbocycles. The van der Waals surface area contributed by atoms with Gasteiger partial charge in [-0.1, -0.05) is 0 Å². The first kappa shape index (κ1) is 13.1. The molecule has 1 aromatic heterocycles. The first-order valence-electron chi connectivity index (χ1n) is 6.24. The van der Waals surface area contributed by atoms with Gasteiger partial charge in [-0.3, -0.25) is 0 Å². The number of aromatic nitrogens is 2. The molecule has 0 radical (unpaired) electrons. The monoisotopic (exact) mass is 247 g/mol. The summed E-state index contributed by atoms with van der Waals surface area (Å²) in [6.07, 6.45) is 1.91. The quantitative estimate of drug-likeness (QED) is 0.877. The van der Waals surface area contributed by atoms with Crippen LogP contribution in [-0.2, 0) is 11.3 Å². The van der Waals surface area contributed by atoms with Crippen molar-refractivity contribution in [3.63, 3.8) is 0 Å². The molecule has 1 heterocycles. The Balaban J connectivity index is 2.31. The van der Waals surface area contributed by atoms with Gasteiger partial charge in [0.1, 0.15) is 0 Å². The molecule has 2 rings (SSSR count). The van der Waals surface area contributed by atoms with Gasteiger partial charge in [0.2, 0.25) is 0 Å². The van der Waals surface area contributed by atoms with Gasteiger partial charge in [0, 0.05) is 19.7 Å². The fraction of sp³-hybridized carbons (Fsp3) is 0.500. The molecule has 2 aromatic rings. The van der Waals surface area contributed by atoms with Crippen molar-refractivity contribution in [1.29, 1.82) is 0 Å². The molecule has 4 nitrogen and oxygen atoms in total. The third-order valence-electron chi connectivity index (χ3n) is 3.43. The molecule has 0 spiro atoms. The number of hydrogen-bond donors (Lipinski definition) is 1. The summed E-state index contributed by atoms with van der Waals surface area (Å²) < 4.78 is 7.38. The van der Waals surface area contributed by atoms with Gasteiger partial charge in [-0.05, 0) is 44.2 Å². The van der Waals surface area contributed by atoms with Crippen LogP contribution >= 0.6 is 0 Å². The minimum absolute atomic E-state index is 0.300. The Morgan fingerprint density at radius 3 is 2.72 bits per heavy atom. The Kier molecular flexibility index (Phi) is 3.99. The summed E-state index contributed by atoms with van der Waals surface area (Å²) >= 11 is 0. The number of likely N-dealkylation sites (N-methyl/N-ethyl adjacent to an activating group) is 1. The maximum Gasteiger partial charge on any atom is 0.0958 e. The molecule has 0 aliphatic rings. The lowest BCUT2D eigenvalue weighted by atomic mass is 10.1. The molecule has 0 saturated carbocycles. The van der Waals surface area contributed by atoms with Crippen LogP contribution in [0.2, 0.25) is 0 Å². The zero-order valence-corrected chi connectivity index (χ0v) is 11.5. The lowest BCUT2D eigenvalue weighted by Crippen LogP contribution is -2.34. The van der Waals surface area contributed by atoms with E-state index >= 15 is 0 Å². The van der Waals surface area contributed by atoms with Gasteiger partial charge < -0.3 is 14.6 Å². The van der Waals surface area contributed by atoms with Crippen molar-refractivity contribution < 1.29 is 4.74 Å². The summed E-state index contributed by atoms with van der Waals surface area (Å²) in [7, 11) is 3.68. The van der Waals surface area contributed by atoms with Gasteiger partial charge in [0.05, 0.1) is 24.0 Å². The average molecular weight is 247 g/mol. The molecule has 1 unspecified atom stereocenters. The van der Waals surface area contributed by atoms with E-state index in [9.17, 15) is 0 Å². The Morgan fingerprint density at radius 2 is 2.06 bits per heavy atom. The van der Waals surface area contributed by atoms with Crippen LogP contribution in [0.3, 0.4) is 0 Å². The van der Waals surface area contributed by atoms with Crippen molar-refractivity contribution in [2.75, 3.05) is 20.8 Å². The summed E-state index contributed by atoms with van der Waals surface area (Å²) in [5.41, 5.74) is 4.84. The third kappa shape index (κ3) is 2.54. The van der Waals surface area contributed by atoms with Gasteiger partial charge >= 0.3 is 0 Å². The fourth-order valence-corrected chi connectivity index (χ4v) is 2.12. The number of aryl methyl sites for hydroxylation is 2. The topological polar surface area (TPSA) is 39.1 Å². The fourth-order valence-electron chi connectivity index (χ4n) is 2.12. The van der Waals surface area contributed by atoms with Gasteiger partial charge in [0.25, 0.3) is 0 Å². The van der Waals surface area contributed by atoms with Crippen LogP contribution < -0.4 is 5.32 Å². The third-order valence-corrected chi connectivity index (χ3v) is 3.43. The van der Waals surface area contributed by atoms with Crippen LogP contribution in [0.1, 0.15) is 11.1 Å². The molecule has 4 heteroatoms. The van der Waals surface area contributed by atoms with Crippen molar-refractivity contribution in [3.8, 4) is 0 Å². The Hall–Kier alpha value is -1.39. The molecule has 0 fully saturated rings. The second-order valence-corrected chi connectivity index (χ2v) is 4.76. The summed E-state index contributed by atoms with van der Waals surface area (Å²) in [4.78, 5) is 4.46. The predicted octanol–water partition coefficient (Wildman–Crippen LogP) is 1.89. The van der Waals surface area contributed by atoms with Crippen molar-refractivity contribution in [1.82, 2.24) is 14.9 Å². The van der Waals surface area contributed by atoms with Crippen LogP contribution in [0.5, 0.6) is 0 Å². The Bertz CT molecular complexity index is 533. The minimum atomic E-state index is 0.300. The van der Waals surface area contributed by atoms with E-state index in [-0.39, 0.29) is 0 Å². The summed E-state index contributed by atoms with van der Waals surface area (Å²) in [5, 5.41) is 3.26. The van der Waals surface area contributed by atoms with E-state index in [1.54, 1.807) is 7.11 Å². The van der Waals surface area contributed by atoms with E-state index < -0.39 is 0 Å². The van der Waals surface area contributed by atoms with Crippen LogP contribution in [0.15, 0.2) is 18.5 Å². The number of nitrogens with one attached hydrogen (secondary N) is 1. The smallest absolute Gasteiger partial charge is 0.0958 e. The molecule has 0 saturated heterocycles. The van der Waals surface area contributed by atoms with Crippen molar-refractivity contribution in [2.24, 2.45) is 0 Å².